The second kappa shape index (κ2) is 5.88. The van der Waals surface area contributed by atoms with Gasteiger partial charge in [0.25, 0.3) is 0 Å². The van der Waals surface area contributed by atoms with Gasteiger partial charge in [0, 0.05) is 17.0 Å². The largest absolute Gasteiger partial charge is 0.478 e. The Labute approximate surface area is 120 Å². The topological polar surface area (TPSA) is 90.2 Å². The van der Waals surface area contributed by atoms with Gasteiger partial charge in [0.15, 0.2) is 0 Å². The van der Waals surface area contributed by atoms with E-state index in [-0.39, 0.29) is 0 Å². The summed E-state index contributed by atoms with van der Waals surface area (Å²) in [6.07, 6.45) is 4.60. The van der Waals surface area contributed by atoms with Crippen molar-refractivity contribution in [1.29, 1.82) is 5.26 Å². The quantitative estimate of drug-likeness (QED) is 0.836. The number of anilines is 1. The van der Waals surface area contributed by atoms with Crippen molar-refractivity contribution >= 4 is 28.2 Å². The van der Waals surface area contributed by atoms with Gasteiger partial charge in [-0.15, -0.1) is 11.3 Å². The molecule has 0 saturated heterocycles. The molecule has 0 spiro atoms. The fourth-order valence-electron chi connectivity index (χ4n) is 2.26. The number of rotatable bonds is 3. The molecule has 1 aliphatic carbocycles. The number of aryl methyl sites for hydroxylation is 1. The molecule has 0 aromatic carbocycles. The Morgan fingerprint density at radius 2 is 2.25 bits per heavy atom. The number of nitrogens with zero attached hydrogens (tertiary/aromatic N) is 1. The molecule has 104 valence electrons. The Hall–Kier alpha value is -2.13. The van der Waals surface area contributed by atoms with E-state index < -0.39 is 11.9 Å². The molecule has 1 heterocycles. The van der Waals surface area contributed by atoms with E-state index in [2.05, 4.69) is 18.3 Å². The number of hydrogen-bond donors (Lipinski definition) is 2. The van der Waals surface area contributed by atoms with Crippen molar-refractivity contribution in [2.75, 3.05) is 5.32 Å². The van der Waals surface area contributed by atoms with E-state index in [0.29, 0.717) is 16.5 Å². The van der Waals surface area contributed by atoms with Crippen molar-refractivity contribution in [2.24, 2.45) is 5.92 Å². The van der Waals surface area contributed by atoms with Gasteiger partial charge in [-0.25, -0.2) is 4.79 Å². The van der Waals surface area contributed by atoms with Gasteiger partial charge >= 0.3 is 5.97 Å². The highest BCUT2D eigenvalue weighted by atomic mass is 32.1. The average Bonchev–Trinajstić information content (AvgIpc) is 2.72. The molecule has 0 aliphatic heterocycles. The summed E-state index contributed by atoms with van der Waals surface area (Å²) in [5.41, 5.74) is 1.56. The van der Waals surface area contributed by atoms with Crippen LogP contribution in [-0.4, -0.2) is 17.0 Å². The predicted molar refractivity (Wildman–Crippen MR) is 75.6 cm³/mol. The van der Waals surface area contributed by atoms with Crippen LogP contribution in [-0.2, 0) is 22.4 Å². The molecule has 1 aromatic heterocycles. The Balaban J connectivity index is 2.23. The van der Waals surface area contributed by atoms with Gasteiger partial charge in [0.1, 0.15) is 11.1 Å². The molecule has 0 radical (unpaired) electrons. The lowest BCUT2D eigenvalue weighted by molar-refractivity contribution is -0.131. The van der Waals surface area contributed by atoms with Crippen LogP contribution in [0.15, 0.2) is 12.2 Å². The third-order valence-corrected chi connectivity index (χ3v) is 4.44. The highest BCUT2D eigenvalue weighted by Crippen LogP contribution is 2.39. The fourth-order valence-corrected chi connectivity index (χ4v) is 3.46. The average molecular weight is 290 g/mol. The molecule has 0 unspecified atom stereocenters. The summed E-state index contributed by atoms with van der Waals surface area (Å²) in [6, 6.07) is 2.15. The van der Waals surface area contributed by atoms with Crippen LogP contribution in [0.25, 0.3) is 0 Å². The Morgan fingerprint density at radius 1 is 1.50 bits per heavy atom. The third-order valence-electron chi connectivity index (χ3n) is 3.23. The third kappa shape index (κ3) is 3.06. The van der Waals surface area contributed by atoms with Gasteiger partial charge < -0.3 is 10.4 Å². The molecule has 2 N–H and O–H groups in total. The number of hydrogen-bond acceptors (Lipinski definition) is 4. The van der Waals surface area contributed by atoms with Crippen LogP contribution in [0.4, 0.5) is 5.00 Å². The summed E-state index contributed by atoms with van der Waals surface area (Å²) in [5.74, 6) is -1.17. The molecule has 1 atom stereocenters. The molecule has 20 heavy (non-hydrogen) atoms. The lowest BCUT2D eigenvalue weighted by Crippen LogP contribution is -2.10. The fraction of sp³-hybridized carbons (Fsp3) is 0.357. The van der Waals surface area contributed by atoms with Crippen molar-refractivity contribution < 1.29 is 14.7 Å². The summed E-state index contributed by atoms with van der Waals surface area (Å²) in [7, 11) is 0. The molecule has 1 aromatic rings. The zero-order chi connectivity index (χ0) is 14.7. The normalized spacial score (nSPS) is 17.5. The first-order chi connectivity index (χ1) is 9.51. The minimum atomic E-state index is -1.18. The maximum absolute atomic E-state index is 11.6. The standard InChI is InChI=1S/C14H14N2O3S/c1-8-2-3-11-9(6-8)10(7-15)14(20-11)16-12(17)4-5-13(18)19/h4-5,8H,2-3,6H2,1H3,(H,16,17)(H,18,19)/t8-/m1/s1. The number of nitrogens with one attached hydrogen (secondary N) is 1. The lowest BCUT2D eigenvalue weighted by Gasteiger charge is -2.17. The number of thiophene rings is 1. The highest BCUT2D eigenvalue weighted by Gasteiger charge is 2.24. The molecular weight excluding hydrogens is 276 g/mol. The summed E-state index contributed by atoms with van der Waals surface area (Å²) in [5, 5.41) is 20.9. The van der Waals surface area contributed by atoms with Crippen molar-refractivity contribution in [2.45, 2.75) is 26.2 Å². The number of carbonyl (C=O) groups is 2. The lowest BCUT2D eigenvalue weighted by atomic mass is 9.88. The van der Waals surface area contributed by atoms with Gasteiger partial charge in [0.2, 0.25) is 5.91 Å². The number of nitriles is 1. The van der Waals surface area contributed by atoms with Gasteiger partial charge in [-0.3, -0.25) is 4.79 Å². The van der Waals surface area contributed by atoms with Crippen LogP contribution in [0.2, 0.25) is 0 Å². The number of amides is 1. The minimum Gasteiger partial charge on any atom is -0.478 e. The summed E-state index contributed by atoms with van der Waals surface area (Å²) < 4.78 is 0. The van der Waals surface area contributed by atoms with Crippen molar-refractivity contribution in [3.8, 4) is 6.07 Å². The second-order valence-electron chi connectivity index (χ2n) is 4.83. The van der Waals surface area contributed by atoms with E-state index in [1.807, 2.05) is 0 Å². The smallest absolute Gasteiger partial charge is 0.328 e. The Bertz CT molecular complexity index is 625. The van der Waals surface area contributed by atoms with Crippen LogP contribution < -0.4 is 5.32 Å². The minimum absolute atomic E-state index is 0.520. The van der Waals surface area contributed by atoms with E-state index in [1.54, 1.807) is 0 Å². The molecule has 5 nitrogen and oxygen atoms in total. The number of carboxylic acid groups (broad SMARTS) is 1. The number of carbonyl (C=O) groups excluding carboxylic acids is 1. The molecule has 0 bridgehead atoms. The molecular formula is C14H14N2O3S. The zero-order valence-corrected chi connectivity index (χ0v) is 11.8. The van der Waals surface area contributed by atoms with E-state index in [1.165, 1.54) is 11.3 Å². The van der Waals surface area contributed by atoms with E-state index in [0.717, 1.165) is 41.9 Å². The van der Waals surface area contributed by atoms with Crippen LogP contribution in [0.1, 0.15) is 29.3 Å². The number of carboxylic acids is 1. The van der Waals surface area contributed by atoms with E-state index in [4.69, 9.17) is 5.11 Å². The maximum Gasteiger partial charge on any atom is 0.328 e. The summed E-state index contributed by atoms with van der Waals surface area (Å²) in [6.45, 7) is 2.15. The summed E-state index contributed by atoms with van der Waals surface area (Å²) in [4.78, 5) is 23.1. The van der Waals surface area contributed by atoms with Crippen molar-refractivity contribution in [1.82, 2.24) is 0 Å². The summed E-state index contributed by atoms with van der Waals surface area (Å²) >= 11 is 1.42. The van der Waals surface area contributed by atoms with Crippen LogP contribution in [0, 0.1) is 17.2 Å². The monoisotopic (exact) mass is 290 g/mol. The van der Waals surface area contributed by atoms with Crippen molar-refractivity contribution in [3.05, 3.63) is 28.2 Å². The van der Waals surface area contributed by atoms with Crippen LogP contribution in [0.3, 0.4) is 0 Å². The molecule has 2 rings (SSSR count). The molecule has 1 aliphatic rings. The second-order valence-corrected chi connectivity index (χ2v) is 5.93. The van der Waals surface area contributed by atoms with E-state index in [9.17, 15) is 14.9 Å². The van der Waals surface area contributed by atoms with Gasteiger partial charge in [0.05, 0.1) is 5.56 Å². The van der Waals surface area contributed by atoms with Gasteiger partial charge in [-0.05, 0) is 30.7 Å². The van der Waals surface area contributed by atoms with Crippen molar-refractivity contribution in [3.63, 3.8) is 0 Å². The zero-order valence-electron chi connectivity index (χ0n) is 11.0. The molecule has 0 fully saturated rings. The first kappa shape index (κ1) is 14.3. The first-order valence-corrected chi connectivity index (χ1v) is 7.09. The van der Waals surface area contributed by atoms with Gasteiger partial charge in [-0.1, -0.05) is 6.92 Å². The number of fused-ring (bicyclic) bond motifs is 1. The highest BCUT2D eigenvalue weighted by molar-refractivity contribution is 7.16. The Kier molecular flexibility index (Phi) is 4.20. The number of aliphatic carboxylic acids is 1. The first-order valence-electron chi connectivity index (χ1n) is 6.28. The van der Waals surface area contributed by atoms with E-state index >= 15 is 0 Å². The maximum atomic E-state index is 11.6. The van der Waals surface area contributed by atoms with Gasteiger partial charge in [-0.2, -0.15) is 5.26 Å². The predicted octanol–water partition coefficient (Wildman–Crippen LogP) is 2.32. The molecule has 0 saturated carbocycles. The Morgan fingerprint density at radius 3 is 2.90 bits per heavy atom. The molecule has 1 amide bonds. The SMILES string of the molecule is C[C@@H]1CCc2sc(NC(=O)C=CC(=O)O)c(C#N)c2C1. The molecule has 6 heteroatoms. The van der Waals surface area contributed by atoms with Crippen LogP contribution in [0.5, 0.6) is 0 Å². The van der Waals surface area contributed by atoms with Crippen LogP contribution >= 0.6 is 11.3 Å².